The molecule has 0 saturated heterocycles. The van der Waals surface area contributed by atoms with Gasteiger partial charge in [-0.05, 0) is 12.1 Å². The minimum absolute atomic E-state index is 0.527. The van der Waals surface area contributed by atoms with Gasteiger partial charge in [-0.1, -0.05) is 17.7 Å². The highest BCUT2D eigenvalue weighted by Crippen LogP contribution is 2.26. The molecule has 0 radical (unpaired) electrons. The third-order valence-corrected chi connectivity index (χ3v) is 2.00. The SMILES string of the molecule is O=Cc1cccc2c(Cl)coc12. The fourth-order valence-electron chi connectivity index (χ4n) is 1.14. The van der Waals surface area contributed by atoms with Crippen molar-refractivity contribution in [3.05, 3.63) is 35.0 Å². The van der Waals surface area contributed by atoms with E-state index < -0.39 is 0 Å². The minimum atomic E-state index is 0.527. The number of carbonyl (C=O) groups is 1. The highest BCUT2D eigenvalue weighted by atomic mass is 35.5. The Morgan fingerprint density at radius 1 is 1.42 bits per heavy atom. The van der Waals surface area contributed by atoms with Crippen LogP contribution in [-0.4, -0.2) is 6.29 Å². The second-order valence-corrected chi connectivity index (χ2v) is 2.83. The van der Waals surface area contributed by atoms with Gasteiger partial charge < -0.3 is 4.42 Å². The van der Waals surface area contributed by atoms with E-state index in [0.717, 1.165) is 11.7 Å². The summed E-state index contributed by atoms with van der Waals surface area (Å²) in [6.45, 7) is 0. The fraction of sp³-hybridized carbons (Fsp3) is 0. The maximum Gasteiger partial charge on any atom is 0.153 e. The van der Waals surface area contributed by atoms with Gasteiger partial charge in [-0.15, -0.1) is 0 Å². The normalized spacial score (nSPS) is 10.4. The summed E-state index contributed by atoms with van der Waals surface area (Å²) >= 11 is 5.79. The van der Waals surface area contributed by atoms with Crippen LogP contribution in [0.3, 0.4) is 0 Å². The highest BCUT2D eigenvalue weighted by Gasteiger charge is 2.06. The summed E-state index contributed by atoms with van der Waals surface area (Å²) in [4.78, 5) is 10.5. The van der Waals surface area contributed by atoms with E-state index in [-0.39, 0.29) is 0 Å². The van der Waals surface area contributed by atoms with Crippen LogP contribution in [0.4, 0.5) is 0 Å². The fourth-order valence-corrected chi connectivity index (χ4v) is 1.33. The molecule has 0 amide bonds. The number of hydrogen-bond donors (Lipinski definition) is 0. The van der Waals surface area contributed by atoms with Crippen LogP contribution < -0.4 is 0 Å². The molecule has 2 aromatic rings. The molecule has 0 aliphatic heterocycles. The molecule has 0 aliphatic rings. The average Bonchev–Trinajstić information content (AvgIpc) is 2.48. The molecular formula is C9H5ClO2. The lowest BCUT2D eigenvalue weighted by atomic mass is 10.2. The monoisotopic (exact) mass is 180 g/mol. The largest absolute Gasteiger partial charge is 0.462 e. The Hall–Kier alpha value is -1.28. The van der Waals surface area contributed by atoms with Crippen LogP contribution in [0.1, 0.15) is 10.4 Å². The van der Waals surface area contributed by atoms with Crippen molar-refractivity contribution in [3.8, 4) is 0 Å². The molecule has 1 aromatic heterocycles. The van der Waals surface area contributed by atoms with E-state index >= 15 is 0 Å². The Bertz CT molecular complexity index is 431. The molecule has 0 unspecified atom stereocenters. The van der Waals surface area contributed by atoms with Gasteiger partial charge in [0.1, 0.15) is 11.8 Å². The summed E-state index contributed by atoms with van der Waals surface area (Å²) in [6, 6.07) is 5.27. The maximum atomic E-state index is 10.5. The first-order valence-electron chi connectivity index (χ1n) is 3.44. The van der Waals surface area contributed by atoms with Crippen molar-refractivity contribution < 1.29 is 9.21 Å². The molecule has 0 spiro atoms. The van der Waals surface area contributed by atoms with Crippen LogP contribution in [0.5, 0.6) is 0 Å². The summed E-state index contributed by atoms with van der Waals surface area (Å²) < 4.78 is 5.11. The van der Waals surface area contributed by atoms with Crippen LogP contribution in [-0.2, 0) is 0 Å². The molecule has 0 aliphatic carbocycles. The first kappa shape index (κ1) is 7.37. The molecule has 0 fully saturated rings. The van der Waals surface area contributed by atoms with Gasteiger partial charge in [-0.25, -0.2) is 0 Å². The lowest BCUT2D eigenvalue weighted by Crippen LogP contribution is -1.78. The molecular weight excluding hydrogens is 176 g/mol. The first-order chi connectivity index (χ1) is 5.83. The van der Waals surface area contributed by atoms with Crippen LogP contribution in [0.25, 0.3) is 11.0 Å². The zero-order valence-corrected chi connectivity index (χ0v) is 6.84. The van der Waals surface area contributed by atoms with Crippen molar-refractivity contribution in [3.63, 3.8) is 0 Å². The number of carbonyl (C=O) groups excluding carboxylic acids is 1. The van der Waals surface area contributed by atoms with Gasteiger partial charge >= 0.3 is 0 Å². The van der Waals surface area contributed by atoms with Gasteiger partial charge in [-0.3, -0.25) is 4.79 Å². The number of furan rings is 1. The zero-order valence-electron chi connectivity index (χ0n) is 6.08. The van der Waals surface area contributed by atoms with Crippen molar-refractivity contribution in [1.82, 2.24) is 0 Å². The van der Waals surface area contributed by atoms with E-state index in [1.54, 1.807) is 12.1 Å². The Balaban J connectivity index is 2.89. The Morgan fingerprint density at radius 2 is 2.25 bits per heavy atom. The first-order valence-corrected chi connectivity index (χ1v) is 3.81. The molecule has 1 aromatic carbocycles. The molecule has 12 heavy (non-hydrogen) atoms. The number of fused-ring (bicyclic) bond motifs is 1. The van der Waals surface area contributed by atoms with Gasteiger partial charge in [0.2, 0.25) is 0 Å². The number of halogens is 1. The number of para-hydroxylation sites is 1. The molecule has 2 nitrogen and oxygen atoms in total. The van der Waals surface area contributed by atoms with Crippen LogP contribution in [0, 0.1) is 0 Å². The Morgan fingerprint density at radius 3 is 3.00 bits per heavy atom. The molecule has 0 bridgehead atoms. The summed E-state index contributed by atoms with van der Waals surface area (Å²) in [6.07, 6.45) is 2.18. The summed E-state index contributed by atoms with van der Waals surface area (Å²) in [5.41, 5.74) is 1.08. The standard InChI is InChI=1S/C9H5ClO2/c10-8-5-12-9-6(4-11)2-1-3-7(8)9/h1-5H. The van der Waals surface area contributed by atoms with Gasteiger partial charge in [-0.2, -0.15) is 0 Å². The molecule has 0 atom stereocenters. The van der Waals surface area contributed by atoms with Crippen molar-refractivity contribution >= 4 is 28.9 Å². The third kappa shape index (κ3) is 0.924. The van der Waals surface area contributed by atoms with Gasteiger partial charge in [0.15, 0.2) is 6.29 Å². The molecule has 0 N–H and O–H groups in total. The zero-order chi connectivity index (χ0) is 8.55. The van der Waals surface area contributed by atoms with E-state index in [0.29, 0.717) is 16.2 Å². The van der Waals surface area contributed by atoms with Crippen molar-refractivity contribution in [2.75, 3.05) is 0 Å². The van der Waals surface area contributed by atoms with Gasteiger partial charge in [0, 0.05) is 5.39 Å². The quantitative estimate of drug-likeness (QED) is 0.632. The second kappa shape index (κ2) is 2.64. The molecule has 0 saturated carbocycles. The highest BCUT2D eigenvalue weighted by molar-refractivity contribution is 6.35. The van der Waals surface area contributed by atoms with Crippen LogP contribution in [0.15, 0.2) is 28.9 Å². The number of rotatable bonds is 1. The van der Waals surface area contributed by atoms with Gasteiger partial charge in [0.25, 0.3) is 0 Å². The average molecular weight is 181 g/mol. The molecule has 3 heteroatoms. The van der Waals surface area contributed by atoms with Crippen LogP contribution >= 0.6 is 11.6 Å². The van der Waals surface area contributed by atoms with E-state index in [4.69, 9.17) is 16.0 Å². The summed E-state index contributed by atoms with van der Waals surface area (Å²) in [5.74, 6) is 0. The summed E-state index contributed by atoms with van der Waals surface area (Å²) in [7, 11) is 0. The molecule has 1 heterocycles. The van der Waals surface area contributed by atoms with Crippen molar-refractivity contribution in [2.24, 2.45) is 0 Å². The van der Waals surface area contributed by atoms with Crippen LogP contribution in [0.2, 0.25) is 5.02 Å². The predicted molar refractivity (Wildman–Crippen MR) is 46.6 cm³/mol. The third-order valence-electron chi connectivity index (χ3n) is 1.71. The predicted octanol–water partition coefficient (Wildman–Crippen LogP) is 2.90. The van der Waals surface area contributed by atoms with E-state index in [9.17, 15) is 4.79 Å². The maximum absolute atomic E-state index is 10.5. The Kier molecular flexibility index (Phi) is 1.62. The number of hydrogen-bond acceptors (Lipinski definition) is 2. The topological polar surface area (TPSA) is 30.2 Å². The minimum Gasteiger partial charge on any atom is -0.462 e. The number of benzene rings is 1. The van der Waals surface area contributed by atoms with E-state index in [1.165, 1.54) is 6.26 Å². The van der Waals surface area contributed by atoms with E-state index in [2.05, 4.69) is 0 Å². The second-order valence-electron chi connectivity index (χ2n) is 2.43. The summed E-state index contributed by atoms with van der Waals surface area (Å²) in [5, 5.41) is 1.31. The molecule has 60 valence electrons. The smallest absolute Gasteiger partial charge is 0.153 e. The number of aldehydes is 1. The molecule has 2 rings (SSSR count). The lowest BCUT2D eigenvalue weighted by Gasteiger charge is -1.90. The van der Waals surface area contributed by atoms with Gasteiger partial charge in [0.05, 0.1) is 10.6 Å². The lowest BCUT2D eigenvalue weighted by molar-refractivity contribution is 0.112. The van der Waals surface area contributed by atoms with E-state index in [1.807, 2.05) is 6.07 Å². The Labute approximate surface area is 73.7 Å². The van der Waals surface area contributed by atoms with Crippen molar-refractivity contribution in [2.45, 2.75) is 0 Å². The van der Waals surface area contributed by atoms with Crippen molar-refractivity contribution in [1.29, 1.82) is 0 Å².